The van der Waals surface area contributed by atoms with E-state index in [1.165, 1.54) is 37.5 Å². The molecule has 0 saturated heterocycles. The number of halogens is 1. The Morgan fingerprint density at radius 3 is 2.76 bits per heavy atom. The molecular weight excluding hydrogens is 217 g/mol. The van der Waals surface area contributed by atoms with Crippen molar-refractivity contribution in [3.63, 3.8) is 0 Å². The van der Waals surface area contributed by atoms with Crippen LogP contribution in [0.4, 0.5) is 4.39 Å². The molecule has 0 amide bonds. The van der Waals surface area contributed by atoms with E-state index in [-0.39, 0.29) is 17.6 Å². The van der Waals surface area contributed by atoms with Crippen molar-refractivity contribution in [1.29, 1.82) is 0 Å². The van der Waals surface area contributed by atoms with Crippen LogP contribution in [-0.2, 0) is 0 Å². The zero-order chi connectivity index (χ0) is 12.5. The van der Waals surface area contributed by atoms with Gasteiger partial charge < -0.3 is 10.4 Å². The average Bonchev–Trinajstić information content (AvgIpc) is 3.10. The predicted octanol–water partition coefficient (Wildman–Crippen LogP) is 3.37. The Balaban J connectivity index is 1.99. The summed E-state index contributed by atoms with van der Waals surface area (Å²) in [5, 5.41) is 13.1. The number of aromatic hydroxyl groups is 1. The lowest BCUT2D eigenvalue weighted by atomic mass is 10.0. The van der Waals surface area contributed by atoms with Crippen molar-refractivity contribution in [3.8, 4) is 5.75 Å². The molecule has 17 heavy (non-hydrogen) atoms. The number of hydrogen-bond acceptors (Lipinski definition) is 2. The van der Waals surface area contributed by atoms with Gasteiger partial charge >= 0.3 is 0 Å². The number of phenols is 1. The van der Waals surface area contributed by atoms with Gasteiger partial charge in [0.15, 0.2) is 0 Å². The Bertz CT molecular complexity index is 401. The fraction of sp³-hybridized carbons (Fsp3) is 0.571. The highest BCUT2D eigenvalue weighted by molar-refractivity contribution is 5.34. The van der Waals surface area contributed by atoms with Gasteiger partial charge in [0.1, 0.15) is 11.6 Å². The Kier molecular flexibility index (Phi) is 3.38. The summed E-state index contributed by atoms with van der Waals surface area (Å²) >= 11 is 0. The third-order valence-corrected chi connectivity index (χ3v) is 3.95. The van der Waals surface area contributed by atoms with Crippen molar-refractivity contribution in [1.82, 2.24) is 5.32 Å². The van der Waals surface area contributed by atoms with Gasteiger partial charge in [-0.15, -0.1) is 0 Å². The molecular formula is C14H20FNO. The molecule has 1 aliphatic carbocycles. The monoisotopic (exact) mass is 237 g/mol. The second-order valence-electron chi connectivity index (χ2n) is 5.16. The number of phenolic OH excluding ortho intramolecular Hbond substituents is 1. The summed E-state index contributed by atoms with van der Waals surface area (Å²) in [7, 11) is 0. The lowest BCUT2D eigenvalue weighted by molar-refractivity contribution is 0.401. The standard InChI is InChI=1S/C14H20FNO/c1-3-14(6-7-14)9-16-10(2)12-8-11(15)4-5-13(12)17/h4-5,8,10,16-17H,3,6-7,9H2,1-2H3. The van der Waals surface area contributed by atoms with Gasteiger partial charge in [-0.1, -0.05) is 6.92 Å². The largest absolute Gasteiger partial charge is 0.508 e. The Morgan fingerprint density at radius 1 is 1.47 bits per heavy atom. The van der Waals surface area contributed by atoms with Crippen LogP contribution >= 0.6 is 0 Å². The molecule has 94 valence electrons. The number of nitrogens with one attached hydrogen (secondary N) is 1. The molecule has 0 radical (unpaired) electrons. The van der Waals surface area contributed by atoms with E-state index in [1.807, 2.05) is 6.92 Å². The minimum Gasteiger partial charge on any atom is -0.508 e. The van der Waals surface area contributed by atoms with Gasteiger partial charge in [-0.05, 0) is 49.8 Å². The van der Waals surface area contributed by atoms with E-state index in [4.69, 9.17) is 0 Å². The minimum absolute atomic E-state index is 0.0188. The van der Waals surface area contributed by atoms with E-state index in [9.17, 15) is 9.50 Å². The lowest BCUT2D eigenvalue weighted by Crippen LogP contribution is -2.26. The van der Waals surface area contributed by atoms with Crippen molar-refractivity contribution < 1.29 is 9.50 Å². The van der Waals surface area contributed by atoms with Crippen LogP contribution in [0.1, 0.15) is 44.7 Å². The lowest BCUT2D eigenvalue weighted by Gasteiger charge is -2.20. The van der Waals surface area contributed by atoms with Gasteiger partial charge in [-0.3, -0.25) is 0 Å². The Hall–Kier alpha value is -1.09. The topological polar surface area (TPSA) is 32.3 Å². The van der Waals surface area contributed by atoms with Crippen LogP contribution in [-0.4, -0.2) is 11.7 Å². The molecule has 2 nitrogen and oxygen atoms in total. The summed E-state index contributed by atoms with van der Waals surface area (Å²) in [5.41, 5.74) is 1.09. The highest BCUT2D eigenvalue weighted by Crippen LogP contribution is 2.48. The van der Waals surface area contributed by atoms with Gasteiger partial charge in [0.2, 0.25) is 0 Å². The maximum absolute atomic E-state index is 13.1. The van der Waals surface area contributed by atoms with E-state index < -0.39 is 0 Å². The van der Waals surface area contributed by atoms with Gasteiger partial charge in [0.25, 0.3) is 0 Å². The van der Waals surface area contributed by atoms with E-state index in [2.05, 4.69) is 12.2 Å². The van der Waals surface area contributed by atoms with Crippen LogP contribution in [0.2, 0.25) is 0 Å². The van der Waals surface area contributed by atoms with E-state index >= 15 is 0 Å². The van der Waals surface area contributed by atoms with Crippen LogP contribution in [0.5, 0.6) is 5.75 Å². The molecule has 1 saturated carbocycles. The quantitative estimate of drug-likeness (QED) is 0.823. The van der Waals surface area contributed by atoms with Gasteiger partial charge in [0, 0.05) is 18.2 Å². The number of hydrogen-bond donors (Lipinski definition) is 2. The van der Waals surface area contributed by atoms with Gasteiger partial charge in [-0.2, -0.15) is 0 Å². The predicted molar refractivity (Wildman–Crippen MR) is 66.4 cm³/mol. The normalized spacial score (nSPS) is 19.0. The molecule has 0 aliphatic heterocycles. The first-order valence-corrected chi connectivity index (χ1v) is 6.28. The first kappa shape index (κ1) is 12.4. The molecule has 1 aromatic rings. The molecule has 1 fully saturated rings. The third-order valence-electron chi connectivity index (χ3n) is 3.95. The molecule has 0 spiro atoms. The Morgan fingerprint density at radius 2 is 2.18 bits per heavy atom. The smallest absolute Gasteiger partial charge is 0.123 e. The summed E-state index contributed by atoms with van der Waals surface area (Å²) in [5.74, 6) is -0.143. The van der Waals surface area contributed by atoms with Crippen molar-refractivity contribution in [2.24, 2.45) is 5.41 Å². The molecule has 2 rings (SSSR count). The SMILES string of the molecule is CCC1(CNC(C)c2cc(F)ccc2O)CC1. The highest BCUT2D eigenvalue weighted by Gasteiger charge is 2.40. The van der Waals surface area contributed by atoms with Crippen molar-refractivity contribution in [2.45, 2.75) is 39.2 Å². The first-order chi connectivity index (χ1) is 8.06. The molecule has 1 aromatic carbocycles. The molecule has 1 atom stereocenters. The zero-order valence-electron chi connectivity index (χ0n) is 10.5. The van der Waals surface area contributed by atoms with Crippen molar-refractivity contribution >= 4 is 0 Å². The maximum Gasteiger partial charge on any atom is 0.123 e. The first-order valence-electron chi connectivity index (χ1n) is 6.28. The average molecular weight is 237 g/mol. The second-order valence-corrected chi connectivity index (χ2v) is 5.16. The Labute approximate surface area is 102 Å². The van der Waals surface area contributed by atoms with Crippen LogP contribution in [0, 0.1) is 11.2 Å². The molecule has 0 heterocycles. The maximum atomic E-state index is 13.1. The molecule has 0 aromatic heterocycles. The summed E-state index contributed by atoms with van der Waals surface area (Å²) in [6, 6.07) is 4.07. The van der Waals surface area contributed by atoms with Crippen molar-refractivity contribution in [3.05, 3.63) is 29.6 Å². The number of benzene rings is 1. The summed E-state index contributed by atoms with van der Waals surface area (Å²) in [6.07, 6.45) is 3.73. The minimum atomic E-state index is -0.303. The molecule has 1 unspecified atom stereocenters. The van der Waals surface area contributed by atoms with E-state index in [0.717, 1.165) is 6.54 Å². The molecule has 3 heteroatoms. The molecule has 2 N–H and O–H groups in total. The van der Waals surface area contributed by atoms with Crippen LogP contribution < -0.4 is 5.32 Å². The highest BCUT2D eigenvalue weighted by atomic mass is 19.1. The fourth-order valence-electron chi connectivity index (χ4n) is 2.18. The summed E-state index contributed by atoms with van der Waals surface area (Å²) < 4.78 is 13.1. The molecule has 0 bridgehead atoms. The zero-order valence-corrected chi connectivity index (χ0v) is 10.5. The van der Waals surface area contributed by atoms with Gasteiger partial charge in [0.05, 0.1) is 0 Å². The van der Waals surface area contributed by atoms with Crippen LogP contribution in [0.3, 0.4) is 0 Å². The van der Waals surface area contributed by atoms with Crippen LogP contribution in [0.25, 0.3) is 0 Å². The van der Waals surface area contributed by atoms with Crippen LogP contribution in [0.15, 0.2) is 18.2 Å². The van der Waals surface area contributed by atoms with E-state index in [1.54, 1.807) is 0 Å². The van der Waals surface area contributed by atoms with Gasteiger partial charge in [-0.25, -0.2) is 4.39 Å². The molecule has 1 aliphatic rings. The van der Waals surface area contributed by atoms with Crippen molar-refractivity contribution in [2.75, 3.05) is 6.54 Å². The fourth-order valence-corrected chi connectivity index (χ4v) is 2.18. The van der Waals surface area contributed by atoms with E-state index in [0.29, 0.717) is 11.0 Å². The summed E-state index contributed by atoms with van der Waals surface area (Å²) in [4.78, 5) is 0. The third kappa shape index (κ3) is 2.78. The second kappa shape index (κ2) is 4.65. The number of rotatable bonds is 5. The summed E-state index contributed by atoms with van der Waals surface area (Å²) in [6.45, 7) is 5.11.